The molecule has 32 heavy (non-hydrogen) atoms. The average molecular weight is 437 g/mol. The molecule has 0 saturated heterocycles. The van der Waals surface area contributed by atoms with Gasteiger partial charge in [0.05, 0.1) is 5.56 Å². The molecule has 3 aromatic rings. The van der Waals surface area contributed by atoms with Crippen molar-refractivity contribution in [3.05, 3.63) is 76.9 Å². The number of aromatic nitrogens is 2. The van der Waals surface area contributed by atoms with Crippen LogP contribution in [0.15, 0.2) is 48.5 Å². The topological polar surface area (TPSA) is 113 Å². The molecule has 1 aromatic heterocycles. The molecule has 1 heterocycles. The van der Waals surface area contributed by atoms with Crippen molar-refractivity contribution < 1.29 is 24.9 Å². The standard InChI is InChI=1S/C25H28N2O5/c1-4-5-11-20-26-22(25(2,3)32)21(24(30)31)27(20)15-16-12-13-18(19(14-16)23(28)29)17-9-7-6-8-10-17/h6-10,12-14,32H,4-5,11,15H2,1-3H3,(H,28,29)(H,30,31). The quantitative estimate of drug-likeness (QED) is 0.453. The van der Waals surface area contributed by atoms with Crippen molar-refractivity contribution in [1.29, 1.82) is 0 Å². The van der Waals surface area contributed by atoms with Crippen LogP contribution in [0, 0.1) is 0 Å². The van der Waals surface area contributed by atoms with Crippen LogP contribution in [0.1, 0.15) is 71.5 Å². The molecule has 168 valence electrons. The van der Waals surface area contributed by atoms with E-state index in [-0.39, 0.29) is 23.5 Å². The highest BCUT2D eigenvalue weighted by Crippen LogP contribution is 2.28. The Bertz CT molecular complexity index is 1130. The highest BCUT2D eigenvalue weighted by Gasteiger charge is 2.31. The summed E-state index contributed by atoms with van der Waals surface area (Å²) in [4.78, 5) is 28.6. The van der Waals surface area contributed by atoms with Gasteiger partial charge in [-0.2, -0.15) is 0 Å². The van der Waals surface area contributed by atoms with Crippen molar-refractivity contribution in [2.75, 3.05) is 0 Å². The van der Waals surface area contributed by atoms with Gasteiger partial charge in [-0.1, -0.05) is 55.8 Å². The molecule has 0 unspecified atom stereocenters. The first kappa shape index (κ1) is 23.2. The lowest BCUT2D eigenvalue weighted by molar-refractivity contribution is 0.0602. The number of aliphatic hydroxyl groups is 1. The minimum absolute atomic E-state index is 0.0763. The number of aryl methyl sites for hydroxylation is 1. The molecule has 3 rings (SSSR count). The molecule has 3 N–H and O–H groups in total. The van der Waals surface area contributed by atoms with E-state index in [1.807, 2.05) is 37.3 Å². The van der Waals surface area contributed by atoms with E-state index >= 15 is 0 Å². The summed E-state index contributed by atoms with van der Waals surface area (Å²) in [6.07, 6.45) is 2.28. The lowest BCUT2D eigenvalue weighted by Crippen LogP contribution is -2.22. The molecule has 0 atom stereocenters. The Morgan fingerprint density at radius 2 is 1.72 bits per heavy atom. The van der Waals surface area contributed by atoms with E-state index < -0.39 is 17.5 Å². The van der Waals surface area contributed by atoms with Crippen LogP contribution >= 0.6 is 0 Å². The maximum Gasteiger partial charge on any atom is 0.354 e. The third-order valence-electron chi connectivity index (χ3n) is 5.32. The minimum atomic E-state index is -1.43. The third-order valence-corrected chi connectivity index (χ3v) is 5.32. The van der Waals surface area contributed by atoms with Gasteiger partial charge in [0.15, 0.2) is 5.69 Å². The largest absolute Gasteiger partial charge is 0.478 e. The summed E-state index contributed by atoms with van der Waals surface area (Å²) < 4.78 is 1.58. The van der Waals surface area contributed by atoms with Crippen LogP contribution in [0.3, 0.4) is 0 Å². The lowest BCUT2D eigenvalue weighted by Gasteiger charge is -2.16. The Labute approximate surface area is 187 Å². The second-order valence-corrected chi connectivity index (χ2v) is 8.33. The SMILES string of the molecule is CCCCc1nc(C(C)(C)O)c(C(=O)O)n1Cc1ccc(-c2ccccc2)c(C(=O)O)c1. The van der Waals surface area contributed by atoms with Crippen LogP contribution < -0.4 is 0 Å². The first-order valence-electron chi connectivity index (χ1n) is 10.6. The number of unbranched alkanes of at least 4 members (excludes halogenated alkanes) is 1. The second-order valence-electron chi connectivity index (χ2n) is 8.33. The summed E-state index contributed by atoms with van der Waals surface area (Å²) >= 11 is 0. The number of hydrogen-bond donors (Lipinski definition) is 3. The van der Waals surface area contributed by atoms with Crippen molar-refractivity contribution in [1.82, 2.24) is 9.55 Å². The number of carboxylic acid groups (broad SMARTS) is 2. The zero-order valence-electron chi connectivity index (χ0n) is 18.5. The van der Waals surface area contributed by atoms with Crippen LogP contribution in [-0.4, -0.2) is 36.8 Å². The number of imidazole rings is 1. The fourth-order valence-corrected chi connectivity index (χ4v) is 3.76. The van der Waals surface area contributed by atoms with Gasteiger partial charge in [-0.05, 0) is 43.0 Å². The molecule has 2 aromatic carbocycles. The highest BCUT2D eigenvalue weighted by atomic mass is 16.4. The molecular formula is C25H28N2O5. The van der Waals surface area contributed by atoms with E-state index in [0.717, 1.165) is 18.4 Å². The molecule has 0 amide bonds. The van der Waals surface area contributed by atoms with Gasteiger partial charge in [0.25, 0.3) is 0 Å². The number of aromatic carboxylic acids is 2. The molecule has 7 heteroatoms. The first-order chi connectivity index (χ1) is 15.1. The number of carboxylic acids is 2. The molecule has 0 aliphatic rings. The van der Waals surface area contributed by atoms with Gasteiger partial charge in [-0.3, -0.25) is 0 Å². The van der Waals surface area contributed by atoms with Gasteiger partial charge < -0.3 is 19.9 Å². The van der Waals surface area contributed by atoms with E-state index in [9.17, 15) is 24.9 Å². The highest BCUT2D eigenvalue weighted by molar-refractivity contribution is 5.96. The number of benzene rings is 2. The summed E-state index contributed by atoms with van der Waals surface area (Å²) in [5.74, 6) is -1.68. The Hall–Kier alpha value is -3.45. The normalized spacial score (nSPS) is 11.5. The summed E-state index contributed by atoms with van der Waals surface area (Å²) in [6, 6.07) is 14.4. The smallest absolute Gasteiger partial charge is 0.354 e. The zero-order valence-corrected chi connectivity index (χ0v) is 18.5. The lowest BCUT2D eigenvalue weighted by atomic mass is 9.97. The van der Waals surface area contributed by atoms with E-state index in [1.54, 1.807) is 22.8 Å². The second kappa shape index (κ2) is 9.36. The molecule has 0 fully saturated rings. The zero-order chi connectivity index (χ0) is 23.5. The summed E-state index contributed by atoms with van der Waals surface area (Å²) in [6.45, 7) is 5.18. The molecule has 0 spiro atoms. The fourth-order valence-electron chi connectivity index (χ4n) is 3.76. The van der Waals surface area contributed by atoms with Gasteiger partial charge in [-0.15, -0.1) is 0 Å². The number of rotatable bonds is 9. The van der Waals surface area contributed by atoms with E-state index in [1.165, 1.54) is 13.8 Å². The maximum absolute atomic E-state index is 12.1. The average Bonchev–Trinajstić information content (AvgIpc) is 3.11. The predicted octanol–water partition coefficient (Wildman–Crippen LogP) is 4.56. The van der Waals surface area contributed by atoms with Gasteiger partial charge in [0, 0.05) is 13.0 Å². The molecule has 0 bridgehead atoms. The van der Waals surface area contributed by atoms with Crippen LogP contribution in [0.4, 0.5) is 0 Å². The summed E-state index contributed by atoms with van der Waals surface area (Å²) in [7, 11) is 0. The van der Waals surface area contributed by atoms with Gasteiger partial charge in [-0.25, -0.2) is 14.6 Å². The Kier molecular flexibility index (Phi) is 6.79. The molecule has 0 aliphatic carbocycles. The molecule has 0 aliphatic heterocycles. The third kappa shape index (κ3) is 4.89. The van der Waals surface area contributed by atoms with Crippen molar-refractivity contribution in [2.24, 2.45) is 0 Å². The summed E-state index contributed by atoms with van der Waals surface area (Å²) in [5.41, 5.74) is 0.768. The van der Waals surface area contributed by atoms with Crippen LogP contribution in [0.25, 0.3) is 11.1 Å². The fraction of sp³-hybridized carbons (Fsp3) is 0.320. The first-order valence-corrected chi connectivity index (χ1v) is 10.6. The van der Waals surface area contributed by atoms with Gasteiger partial charge in [0.1, 0.15) is 17.1 Å². The van der Waals surface area contributed by atoms with E-state index in [2.05, 4.69) is 4.98 Å². The molecule has 0 radical (unpaired) electrons. The maximum atomic E-state index is 12.1. The van der Waals surface area contributed by atoms with Crippen molar-refractivity contribution in [2.45, 2.75) is 52.2 Å². The number of carbonyl (C=O) groups is 2. The minimum Gasteiger partial charge on any atom is -0.478 e. The van der Waals surface area contributed by atoms with Crippen molar-refractivity contribution >= 4 is 11.9 Å². The molecule has 7 nitrogen and oxygen atoms in total. The number of nitrogens with zero attached hydrogens (tertiary/aromatic N) is 2. The Morgan fingerprint density at radius 3 is 2.28 bits per heavy atom. The molecular weight excluding hydrogens is 408 g/mol. The predicted molar refractivity (Wildman–Crippen MR) is 121 cm³/mol. The van der Waals surface area contributed by atoms with E-state index in [0.29, 0.717) is 23.4 Å². The van der Waals surface area contributed by atoms with Gasteiger partial charge >= 0.3 is 11.9 Å². The van der Waals surface area contributed by atoms with Crippen LogP contribution in [0.5, 0.6) is 0 Å². The monoisotopic (exact) mass is 436 g/mol. The Morgan fingerprint density at radius 1 is 1.03 bits per heavy atom. The van der Waals surface area contributed by atoms with E-state index in [4.69, 9.17) is 0 Å². The number of hydrogen-bond acceptors (Lipinski definition) is 4. The van der Waals surface area contributed by atoms with Crippen molar-refractivity contribution in [3.8, 4) is 11.1 Å². The molecule has 0 saturated carbocycles. The van der Waals surface area contributed by atoms with Crippen molar-refractivity contribution in [3.63, 3.8) is 0 Å². The van der Waals surface area contributed by atoms with Gasteiger partial charge in [0.2, 0.25) is 0 Å². The summed E-state index contributed by atoms with van der Waals surface area (Å²) in [5, 5.41) is 30.2. The van der Waals surface area contributed by atoms with Crippen LogP contribution in [-0.2, 0) is 18.6 Å². The Balaban J connectivity index is 2.11. The van der Waals surface area contributed by atoms with Crippen LogP contribution in [0.2, 0.25) is 0 Å².